The average Bonchev–Trinajstić information content (AvgIpc) is 2.69. The average molecular weight is 282 g/mol. The Balaban J connectivity index is 1.83. The van der Waals surface area contributed by atoms with E-state index < -0.39 is 0 Å². The molecule has 0 saturated carbocycles. The molecule has 2 aromatic rings. The third kappa shape index (κ3) is 2.22. The van der Waals surface area contributed by atoms with E-state index in [2.05, 4.69) is 28.8 Å². The molecule has 21 heavy (non-hydrogen) atoms. The van der Waals surface area contributed by atoms with Crippen molar-refractivity contribution in [2.45, 2.75) is 24.8 Å². The number of rotatable bonds is 1. The van der Waals surface area contributed by atoms with Crippen molar-refractivity contribution in [2.24, 2.45) is 0 Å². The van der Waals surface area contributed by atoms with Crippen LogP contribution in [0.25, 0.3) is 11.1 Å². The molecular formula is C18H19FN2. The number of nitrogens with one attached hydrogen (secondary N) is 2. The van der Waals surface area contributed by atoms with Crippen LogP contribution in [0.5, 0.6) is 0 Å². The van der Waals surface area contributed by atoms with Crippen molar-refractivity contribution in [1.29, 1.82) is 0 Å². The van der Waals surface area contributed by atoms with Gasteiger partial charge in [-0.2, -0.15) is 0 Å². The Morgan fingerprint density at radius 2 is 1.86 bits per heavy atom. The SMILES string of the molecule is Fc1cccc(-c2cccc3c2C2CCNCCC2N3)c1. The molecule has 0 aliphatic carbocycles. The Bertz CT molecular complexity index is 668. The standard InChI is InChI=1S/C18H19FN2/c19-13-4-1-3-12(11-13)14-5-2-6-17-18(14)15-7-9-20-10-8-16(15)21-17/h1-6,11,15-16,20-21H,7-10H2. The summed E-state index contributed by atoms with van der Waals surface area (Å²) in [6.45, 7) is 2.12. The summed E-state index contributed by atoms with van der Waals surface area (Å²) in [5, 5.41) is 7.14. The van der Waals surface area contributed by atoms with E-state index in [1.165, 1.54) is 22.9 Å². The predicted molar refractivity (Wildman–Crippen MR) is 84.1 cm³/mol. The summed E-state index contributed by atoms with van der Waals surface area (Å²) in [6, 6.07) is 13.8. The molecule has 2 aliphatic rings. The molecule has 2 heterocycles. The number of benzene rings is 2. The lowest BCUT2D eigenvalue weighted by atomic mass is 9.86. The van der Waals surface area contributed by atoms with Gasteiger partial charge in [0.1, 0.15) is 5.82 Å². The Hall–Kier alpha value is -1.87. The lowest BCUT2D eigenvalue weighted by molar-refractivity contribution is 0.579. The lowest BCUT2D eigenvalue weighted by Gasteiger charge is -2.18. The second-order valence-electron chi connectivity index (χ2n) is 5.96. The maximum atomic E-state index is 13.6. The van der Waals surface area contributed by atoms with Crippen LogP contribution < -0.4 is 10.6 Å². The van der Waals surface area contributed by atoms with Gasteiger partial charge in [0.2, 0.25) is 0 Å². The van der Waals surface area contributed by atoms with Crippen molar-refractivity contribution >= 4 is 5.69 Å². The molecular weight excluding hydrogens is 263 g/mol. The molecule has 0 bridgehead atoms. The normalized spacial score (nSPS) is 23.9. The summed E-state index contributed by atoms with van der Waals surface area (Å²) in [5.74, 6) is 0.351. The summed E-state index contributed by atoms with van der Waals surface area (Å²) in [5.41, 5.74) is 4.76. The van der Waals surface area contributed by atoms with Crippen molar-refractivity contribution in [3.8, 4) is 11.1 Å². The molecule has 2 atom stereocenters. The highest BCUT2D eigenvalue weighted by Crippen LogP contribution is 2.45. The minimum Gasteiger partial charge on any atom is -0.381 e. The first-order chi connectivity index (χ1) is 10.3. The second-order valence-corrected chi connectivity index (χ2v) is 5.96. The van der Waals surface area contributed by atoms with Crippen LogP contribution in [-0.4, -0.2) is 19.1 Å². The van der Waals surface area contributed by atoms with E-state index in [1.54, 1.807) is 12.1 Å². The van der Waals surface area contributed by atoms with E-state index in [0.29, 0.717) is 12.0 Å². The summed E-state index contributed by atoms with van der Waals surface area (Å²) < 4.78 is 13.6. The number of hydrogen-bond donors (Lipinski definition) is 2. The molecule has 0 amide bonds. The largest absolute Gasteiger partial charge is 0.381 e. The highest BCUT2D eigenvalue weighted by molar-refractivity contribution is 5.77. The van der Waals surface area contributed by atoms with Crippen LogP contribution in [0.3, 0.4) is 0 Å². The van der Waals surface area contributed by atoms with Crippen LogP contribution in [0.4, 0.5) is 10.1 Å². The van der Waals surface area contributed by atoms with Crippen molar-refractivity contribution in [3.05, 3.63) is 53.8 Å². The summed E-state index contributed by atoms with van der Waals surface area (Å²) in [4.78, 5) is 0. The van der Waals surface area contributed by atoms with Gasteiger partial charge in [-0.05, 0) is 60.8 Å². The summed E-state index contributed by atoms with van der Waals surface area (Å²) >= 11 is 0. The van der Waals surface area contributed by atoms with Crippen LogP contribution in [0.1, 0.15) is 24.3 Å². The zero-order chi connectivity index (χ0) is 14.2. The van der Waals surface area contributed by atoms with E-state index in [9.17, 15) is 4.39 Å². The molecule has 4 rings (SSSR count). The molecule has 1 saturated heterocycles. The van der Waals surface area contributed by atoms with Crippen LogP contribution in [0.2, 0.25) is 0 Å². The van der Waals surface area contributed by atoms with Gasteiger partial charge in [0.15, 0.2) is 0 Å². The predicted octanol–water partition coefficient (Wildman–Crippen LogP) is 3.75. The Morgan fingerprint density at radius 3 is 2.76 bits per heavy atom. The number of halogens is 1. The minimum atomic E-state index is -0.171. The lowest BCUT2D eigenvalue weighted by Crippen LogP contribution is -2.21. The fourth-order valence-electron chi connectivity index (χ4n) is 3.76. The van der Waals surface area contributed by atoms with Crippen LogP contribution >= 0.6 is 0 Å². The topological polar surface area (TPSA) is 24.1 Å². The van der Waals surface area contributed by atoms with E-state index in [-0.39, 0.29) is 5.82 Å². The fourth-order valence-corrected chi connectivity index (χ4v) is 3.76. The highest BCUT2D eigenvalue weighted by Gasteiger charge is 2.34. The Kier molecular flexibility index (Phi) is 3.15. The third-order valence-electron chi connectivity index (χ3n) is 4.70. The van der Waals surface area contributed by atoms with Crippen LogP contribution in [0.15, 0.2) is 42.5 Å². The number of fused-ring (bicyclic) bond motifs is 3. The van der Waals surface area contributed by atoms with Gasteiger partial charge in [0.25, 0.3) is 0 Å². The Morgan fingerprint density at radius 1 is 1.00 bits per heavy atom. The first kappa shape index (κ1) is 12.8. The van der Waals surface area contributed by atoms with E-state index >= 15 is 0 Å². The van der Waals surface area contributed by atoms with Gasteiger partial charge in [0.05, 0.1) is 0 Å². The van der Waals surface area contributed by atoms with Gasteiger partial charge < -0.3 is 10.6 Å². The van der Waals surface area contributed by atoms with Gasteiger partial charge >= 0.3 is 0 Å². The first-order valence-corrected chi connectivity index (χ1v) is 7.69. The monoisotopic (exact) mass is 282 g/mol. The van der Waals surface area contributed by atoms with Gasteiger partial charge in [-0.25, -0.2) is 4.39 Å². The molecule has 2 nitrogen and oxygen atoms in total. The molecule has 0 aromatic heterocycles. The molecule has 2 aromatic carbocycles. The molecule has 3 heteroatoms. The van der Waals surface area contributed by atoms with Crippen LogP contribution in [-0.2, 0) is 0 Å². The van der Waals surface area contributed by atoms with E-state index in [0.717, 1.165) is 31.5 Å². The van der Waals surface area contributed by atoms with Crippen molar-refractivity contribution < 1.29 is 4.39 Å². The molecule has 1 fully saturated rings. The number of hydrogen-bond acceptors (Lipinski definition) is 2. The second kappa shape index (κ2) is 5.15. The quantitative estimate of drug-likeness (QED) is 0.832. The maximum absolute atomic E-state index is 13.6. The van der Waals surface area contributed by atoms with E-state index in [1.807, 2.05) is 6.07 Å². The molecule has 0 radical (unpaired) electrons. The van der Waals surface area contributed by atoms with Crippen LogP contribution in [0, 0.1) is 5.82 Å². The third-order valence-corrected chi connectivity index (χ3v) is 4.70. The maximum Gasteiger partial charge on any atom is 0.123 e. The Labute approximate surface area is 124 Å². The van der Waals surface area contributed by atoms with Gasteiger partial charge in [-0.1, -0.05) is 24.3 Å². The zero-order valence-electron chi connectivity index (χ0n) is 11.9. The van der Waals surface area contributed by atoms with Crippen molar-refractivity contribution in [3.63, 3.8) is 0 Å². The fraction of sp³-hybridized carbons (Fsp3) is 0.333. The molecule has 2 aliphatic heterocycles. The van der Waals surface area contributed by atoms with Gasteiger partial charge in [-0.15, -0.1) is 0 Å². The van der Waals surface area contributed by atoms with Gasteiger partial charge in [-0.3, -0.25) is 0 Å². The smallest absolute Gasteiger partial charge is 0.123 e. The first-order valence-electron chi connectivity index (χ1n) is 7.69. The molecule has 2 unspecified atom stereocenters. The van der Waals surface area contributed by atoms with E-state index in [4.69, 9.17) is 0 Å². The summed E-state index contributed by atoms with van der Waals surface area (Å²) in [7, 11) is 0. The molecule has 2 N–H and O–H groups in total. The molecule has 108 valence electrons. The van der Waals surface area contributed by atoms with Crippen molar-refractivity contribution in [2.75, 3.05) is 18.4 Å². The summed E-state index contributed by atoms with van der Waals surface area (Å²) in [6.07, 6.45) is 2.28. The zero-order valence-corrected chi connectivity index (χ0v) is 11.9. The molecule has 0 spiro atoms. The van der Waals surface area contributed by atoms with Crippen molar-refractivity contribution in [1.82, 2.24) is 5.32 Å². The number of anilines is 1. The highest BCUT2D eigenvalue weighted by atomic mass is 19.1. The van der Waals surface area contributed by atoms with Gasteiger partial charge in [0, 0.05) is 17.6 Å². The minimum absolute atomic E-state index is 0.171.